The van der Waals surface area contributed by atoms with Crippen molar-refractivity contribution in [2.24, 2.45) is 10.5 Å². The molecule has 0 aliphatic carbocycles. The Labute approximate surface area is 72.6 Å². The molecule has 0 atom stereocenters. The van der Waals surface area contributed by atoms with E-state index in [0.29, 0.717) is 0 Å². The Morgan fingerprint density at radius 1 is 1.25 bits per heavy atom. The topological polar surface area (TPSA) is 65.8 Å². The fourth-order valence-corrected chi connectivity index (χ4v) is 1.07. The summed E-state index contributed by atoms with van der Waals surface area (Å²) >= 11 is 0. The minimum atomic E-state index is -0.938. The monoisotopic (exact) mass is 169 g/mol. The van der Waals surface area contributed by atoms with Crippen LogP contribution in [0, 0.1) is 5.41 Å². The molecule has 0 amide bonds. The molecule has 4 nitrogen and oxygen atoms in total. The van der Waals surface area contributed by atoms with Gasteiger partial charge in [-0.15, -0.1) is 0 Å². The van der Waals surface area contributed by atoms with Gasteiger partial charge in [0.25, 0.3) is 0 Å². The fraction of sp³-hybridized carbons (Fsp3) is 0.875. The molecule has 0 saturated carbocycles. The summed E-state index contributed by atoms with van der Waals surface area (Å²) in [5.74, 6) is -0.0483. The van der Waals surface area contributed by atoms with E-state index in [9.17, 15) is 4.79 Å². The van der Waals surface area contributed by atoms with Crippen LogP contribution in [0.5, 0.6) is 0 Å². The molecule has 0 saturated heterocycles. The summed E-state index contributed by atoms with van der Waals surface area (Å²) in [6.07, 6.45) is 0. The zero-order valence-corrected chi connectivity index (χ0v) is 8.25. The largest absolute Gasteiger partial charge is 0.298 e. The molecule has 12 heavy (non-hydrogen) atoms. The van der Waals surface area contributed by atoms with Gasteiger partial charge in [-0.2, -0.15) is 0 Å². The number of carbonyl (C=O) groups is 1. The van der Waals surface area contributed by atoms with Crippen LogP contribution >= 0.6 is 0 Å². The van der Waals surface area contributed by atoms with Gasteiger partial charge < -0.3 is 0 Å². The first-order valence-corrected chi connectivity index (χ1v) is 3.83. The van der Waals surface area contributed by atoms with Gasteiger partial charge in [0.15, 0.2) is 0 Å². The molecule has 0 aromatic rings. The molecular weight excluding hydrogens is 154 g/mol. The van der Waals surface area contributed by atoms with E-state index >= 15 is 0 Å². The van der Waals surface area contributed by atoms with Crippen LogP contribution in [0.4, 0.5) is 0 Å². The highest BCUT2D eigenvalue weighted by molar-refractivity contribution is 5.92. The Balaban J connectivity index is 4.81. The van der Waals surface area contributed by atoms with Gasteiger partial charge in [0.05, 0.1) is 0 Å². The summed E-state index contributed by atoms with van der Waals surface area (Å²) in [5.41, 5.74) is 6.82. The third-order valence-electron chi connectivity index (χ3n) is 1.53. The molecule has 0 aromatic carbocycles. The van der Waals surface area contributed by atoms with Gasteiger partial charge >= 0.3 is 0 Å². The predicted octanol–water partition coefficient (Wildman–Crippen LogP) is 2.69. The van der Waals surface area contributed by atoms with Crippen LogP contribution in [-0.2, 0) is 4.79 Å². The Morgan fingerprint density at radius 3 is 1.92 bits per heavy atom. The molecule has 0 radical (unpaired) electrons. The maximum absolute atomic E-state index is 11.6. The van der Waals surface area contributed by atoms with Crippen molar-refractivity contribution in [1.82, 2.24) is 0 Å². The first-order chi connectivity index (χ1) is 5.22. The second kappa shape index (κ2) is 3.15. The summed E-state index contributed by atoms with van der Waals surface area (Å²) in [7, 11) is 0. The van der Waals surface area contributed by atoms with Crippen molar-refractivity contribution >= 4 is 5.78 Å². The lowest BCUT2D eigenvalue weighted by molar-refractivity contribution is -0.130. The Kier molecular flexibility index (Phi) is 2.88. The number of hydrogen-bond donors (Lipinski definition) is 0. The number of carbonyl (C=O) groups excluding carboxylic acids is 1. The van der Waals surface area contributed by atoms with Gasteiger partial charge in [-0.3, -0.25) is 4.79 Å². The summed E-state index contributed by atoms with van der Waals surface area (Å²) in [6.45, 7) is 8.68. The zero-order valence-electron chi connectivity index (χ0n) is 8.25. The van der Waals surface area contributed by atoms with E-state index in [-0.39, 0.29) is 5.78 Å². The standard InChI is InChI=1S/C8H15N3O/c1-7(2,3)6(12)8(4,5)10-11-9/h1-5H3. The van der Waals surface area contributed by atoms with Crippen molar-refractivity contribution < 1.29 is 4.79 Å². The number of Topliss-reactive ketones (excluding diaryl/α,β-unsaturated/α-hetero) is 1. The maximum atomic E-state index is 11.6. The molecule has 0 aliphatic heterocycles. The molecule has 0 rings (SSSR count). The fourth-order valence-electron chi connectivity index (χ4n) is 1.07. The van der Waals surface area contributed by atoms with Gasteiger partial charge in [0.1, 0.15) is 11.3 Å². The van der Waals surface area contributed by atoms with Crippen LogP contribution in [0.25, 0.3) is 10.4 Å². The van der Waals surface area contributed by atoms with Crippen molar-refractivity contribution in [2.45, 2.75) is 40.2 Å². The van der Waals surface area contributed by atoms with Crippen LogP contribution in [0.15, 0.2) is 5.11 Å². The zero-order chi connectivity index (χ0) is 9.99. The molecular formula is C8H15N3O. The molecule has 0 unspecified atom stereocenters. The van der Waals surface area contributed by atoms with E-state index in [1.165, 1.54) is 0 Å². The van der Waals surface area contributed by atoms with Gasteiger partial charge in [-0.25, -0.2) is 0 Å². The average Bonchev–Trinajstić information content (AvgIpc) is 1.84. The lowest BCUT2D eigenvalue weighted by Gasteiger charge is -2.26. The summed E-state index contributed by atoms with van der Waals surface area (Å²) in [5, 5.41) is 3.45. The van der Waals surface area contributed by atoms with Crippen molar-refractivity contribution in [3.63, 3.8) is 0 Å². The Bertz CT molecular complexity index is 231. The van der Waals surface area contributed by atoms with Gasteiger partial charge in [0.2, 0.25) is 0 Å². The molecule has 0 aromatic heterocycles. The first kappa shape index (κ1) is 11.0. The number of rotatable bonds is 2. The summed E-state index contributed by atoms with van der Waals surface area (Å²) in [6, 6.07) is 0. The van der Waals surface area contributed by atoms with Gasteiger partial charge in [-0.1, -0.05) is 25.9 Å². The van der Waals surface area contributed by atoms with Gasteiger partial charge in [-0.05, 0) is 19.4 Å². The molecule has 0 spiro atoms. The van der Waals surface area contributed by atoms with Crippen LogP contribution in [-0.4, -0.2) is 11.3 Å². The normalized spacial score (nSPS) is 12.1. The summed E-state index contributed by atoms with van der Waals surface area (Å²) < 4.78 is 0. The maximum Gasteiger partial charge on any atom is 0.149 e. The quantitative estimate of drug-likeness (QED) is 0.356. The Morgan fingerprint density at radius 2 is 1.67 bits per heavy atom. The van der Waals surface area contributed by atoms with Crippen molar-refractivity contribution in [3.05, 3.63) is 10.4 Å². The predicted molar refractivity (Wildman–Crippen MR) is 47.7 cm³/mol. The molecule has 0 heterocycles. The number of ketones is 1. The lowest BCUT2D eigenvalue weighted by Crippen LogP contribution is -2.38. The number of nitrogens with zero attached hydrogens (tertiary/aromatic N) is 3. The molecule has 0 fully saturated rings. The number of azide groups is 1. The van der Waals surface area contributed by atoms with Crippen LogP contribution in [0.1, 0.15) is 34.6 Å². The highest BCUT2D eigenvalue weighted by atomic mass is 16.1. The molecule has 4 heteroatoms. The molecule has 0 N–H and O–H groups in total. The van der Waals surface area contributed by atoms with E-state index in [1.54, 1.807) is 13.8 Å². The molecule has 0 bridgehead atoms. The van der Waals surface area contributed by atoms with Crippen molar-refractivity contribution in [1.29, 1.82) is 0 Å². The smallest absolute Gasteiger partial charge is 0.149 e. The molecule has 0 aliphatic rings. The highest BCUT2D eigenvalue weighted by Gasteiger charge is 2.34. The second-order valence-electron chi connectivity index (χ2n) is 4.33. The van der Waals surface area contributed by atoms with E-state index in [1.807, 2.05) is 20.8 Å². The van der Waals surface area contributed by atoms with Gasteiger partial charge in [0, 0.05) is 10.3 Å². The van der Waals surface area contributed by atoms with Crippen LogP contribution < -0.4 is 0 Å². The Hall–Kier alpha value is -1.02. The van der Waals surface area contributed by atoms with E-state index in [4.69, 9.17) is 5.53 Å². The molecule has 68 valence electrons. The highest BCUT2D eigenvalue weighted by Crippen LogP contribution is 2.25. The SMILES string of the molecule is CC(C)(C)C(=O)C(C)(C)N=[N+]=[N-]. The minimum Gasteiger partial charge on any atom is -0.298 e. The second-order valence-corrected chi connectivity index (χ2v) is 4.33. The van der Waals surface area contributed by atoms with E-state index in [0.717, 1.165) is 0 Å². The summed E-state index contributed by atoms with van der Waals surface area (Å²) in [4.78, 5) is 14.3. The third kappa shape index (κ3) is 2.55. The number of hydrogen-bond acceptors (Lipinski definition) is 2. The van der Waals surface area contributed by atoms with Crippen molar-refractivity contribution in [3.8, 4) is 0 Å². The van der Waals surface area contributed by atoms with Crippen LogP contribution in [0.3, 0.4) is 0 Å². The average molecular weight is 169 g/mol. The van der Waals surface area contributed by atoms with Crippen LogP contribution in [0.2, 0.25) is 0 Å². The van der Waals surface area contributed by atoms with E-state index in [2.05, 4.69) is 10.0 Å². The van der Waals surface area contributed by atoms with E-state index < -0.39 is 11.0 Å². The minimum absolute atomic E-state index is 0.0483. The third-order valence-corrected chi connectivity index (χ3v) is 1.53. The lowest BCUT2D eigenvalue weighted by atomic mass is 9.81. The first-order valence-electron chi connectivity index (χ1n) is 3.83. The van der Waals surface area contributed by atoms with Crippen molar-refractivity contribution in [2.75, 3.05) is 0 Å².